The molecular formula is C25H28F3N7O2. The maximum Gasteiger partial charge on any atom is 0.573 e. The topological polar surface area (TPSA) is 93.9 Å². The van der Waals surface area contributed by atoms with Gasteiger partial charge in [0.15, 0.2) is 5.82 Å². The molecule has 1 aliphatic heterocycles. The summed E-state index contributed by atoms with van der Waals surface area (Å²) in [6.45, 7) is 3.66. The van der Waals surface area contributed by atoms with E-state index < -0.39 is 12.4 Å². The number of fused-ring (bicyclic) bond motifs is 1. The van der Waals surface area contributed by atoms with E-state index in [0.29, 0.717) is 43.9 Å². The van der Waals surface area contributed by atoms with Crippen molar-refractivity contribution in [2.24, 2.45) is 0 Å². The highest BCUT2D eigenvalue weighted by Gasteiger charge is 2.37. The fourth-order valence-corrected chi connectivity index (χ4v) is 5.14. The number of likely N-dealkylation sites (tertiary alicyclic amines) is 1. The van der Waals surface area contributed by atoms with Crippen LogP contribution in [-0.2, 0) is 6.54 Å². The average Bonchev–Trinajstić information content (AvgIpc) is 3.47. The number of unbranched alkanes of at least 4 members (excludes halogenated alkanes) is 1. The molecule has 0 radical (unpaired) electrons. The quantitative estimate of drug-likeness (QED) is 0.373. The van der Waals surface area contributed by atoms with Crippen molar-refractivity contribution >= 4 is 11.0 Å². The standard InChI is InChI=1S/C25H28F3N7O2/c1-2-3-14-34-23(30-31-32-34)22(18-8-4-7-11-21(18)37-25(26,27)28)33-15-12-17(13-16-33)35-20-10-6-5-9-19(20)29-24(35)36/h4-11,17,22H,2-3,12-16H2,1H3,(H,29,36). The number of piperidine rings is 1. The summed E-state index contributed by atoms with van der Waals surface area (Å²) in [6, 6.07) is 13.0. The fraction of sp³-hybridized carbons (Fsp3) is 0.440. The van der Waals surface area contributed by atoms with Gasteiger partial charge in [-0.15, -0.1) is 18.3 Å². The van der Waals surface area contributed by atoms with E-state index in [-0.39, 0.29) is 17.5 Å². The van der Waals surface area contributed by atoms with Gasteiger partial charge in [0.25, 0.3) is 0 Å². The Labute approximate surface area is 210 Å². The normalized spacial score (nSPS) is 16.3. The number of rotatable bonds is 8. The molecule has 9 nitrogen and oxygen atoms in total. The molecule has 37 heavy (non-hydrogen) atoms. The third-order valence-corrected chi connectivity index (χ3v) is 6.82. The summed E-state index contributed by atoms with van der Waals surface area (Å²) < 4.78 is 47.7. The number of benzene rings is 2. The van der Waals surface area contributed by atoms with Crippen LogP contribution in [0.5, 0.6) is 5.75 Å². The number of H-pyrrole nitrogens is 1. The van der Waals surface area contributed by atoms with Gasteiger partial charge in [-0.05, 0) is 47.9 Å². The van der Waals surface area contributed by atoms with Gasteiger partial charge in [0.1, 0.15) is 11.8 Å². The Balaban J connectivity index is 1.48. The van der Waals surface area contributed by atoms with Crippen LogP contribution in [0.3, 0.4) is 0 Å². The number of nitrogens with zero attached hydrogens (tertiary/aromatic N) is 6. The number of imidazole rings is 1. The molecule has 1 N–H and O–H groups in total. The molecule has 0 saturated carbocycles. The molecular weight excluding hydrogens is 487 g/mol. The number of halogens is 3. The first-order valence-corrected chi connectivity index (χ1v) is 12.4. The first-order chi connectivity index (χ1) is 17.9. The predicted molar refractivity (Wildman–Crippen MR) is 130 cm³/mol. The molecule has 196 valence electrons. The average molecular weight is 516 g/mol. The second kappa shape index (κ2) is 10.4. The number of hydrogen-bond donors (Lipinski definition) is 1. The van der Waals surface area contributed by atoms with Crippen molar-refractivity contribution in [3.05, 3.63) is 70.4 Å². The first-order valence-electron chi connectivity index (χ1n) is 12.4. The Morgan fingerprint density at radius 2 is 1.84 bits per heavy atom. The van der Waals surface area contributed by atoms with Crippen molar-refractivity contribution in [3.8, 4) is 5.75 Å². The van der Waals surface area contributed by atoms with Crippen LogP contribution in [0.25, 0.3) is 11.0 Å². The van der Waals surface area contributed by atoms with Crippen molar-refractivity contribution in [1.29, 1.82) is 0 Å². The van der Waals surface area contributed by atoms with Gasteiger partial charge in [-0.1, -0.05) is 43.7 Å². The summed E-state index contributed by atoms with van der Waals surface area (Å²) in [5.41, 5.74) is 1.80. The van der Waals surface area contributed by atoms with Gasteiger partial charge in [-0.2, -0.15) is 0 Å². The summed E-state index contributed by atoms with van der Waals surface area (Å²) in [5, 5.41) is 12.2. The van der Waals surface area contributed by atoms with Crippen molar-refractivity contribution in [2.75, 3.05) is 13.1 Å². The lowest BCUT2D eigenvalue weighted by Gasteiger charge is -2.37. The van der Waals surface area contributed by atoms with Gasteiger partial charge in [-0.3, -0.25) is 9.47 Å². The van der Waals surface area contributed by atoms with Crippen LogP contribution in [0.4, 0.5) is 13.2 Å². The summed E-state index contributed by atoms with van der Waals surface area (Å²) in [5.74, 6) is 0.189. The molecule has 2 aromatic heterocycles. The number of aromatic nitrogens is 6. The molecule has 0 amide bonds. The lowest BCUT2D eigenvalue weighted by Crippen LogP contribution is -2.40. The summed E-state index contributed by atoms with van der Waals surface area (Å²) >= 11 is 0. The van der Waals surface area contributed by atoms with Gasteiger partial charge in [-0.25, -0.2) is 9.48 Å². The zero-order chi connectivity index (χ0) is 26.0. The molecule has 12 heteroatoms. The minimum Gasteiger partial charge on any atom is -0.405 e. The van der Waals surface area contributed by atoms with E-state index in [0.717, 1.165) is 23.9 Å². The first kappa shape index (κ1) is 25.0. The predicted octanol–water partition coefficient (Wildman–Crippen LogP) is 4.44. The van der Waals surface area contributed by atoms with Crippen LogP contribution in [0.2, 0.25) is 0 Å². The molecule has 1 atom stereocenters. The van der Waals surface area contributed by atoms with E-state index in [4.69, 9.17) is 0 Å². The van der Waals surface area contributed by atoms with Crippen molar-refractivity contribution in [2.45, 2.75) is 57.6 Å². The number of nitrogens with one attached hydrogen (secondary N) is 1. The number of aromatic amines is 1. The number of alkyl halides is 3. The maximum absolute atomic E-state index is 13.3. The Hall–Kier alpha value is -3.67. The smallest absolute Gasteiger partial charge is 0.405 e. The van der Waals surface area contributed by atoms with Crippen LogP contribution in [-0.4, -0.2) is 54.1 Å². The van der Waals surface area contributed by atoms with Crippen molar-refractivity contribution in [1.82, 2.24) is 34.7 Å². The van der Waals surface area contributed by atoms with Gasteiger partial charge in [0, 0.05) is 31.2 Å². The van der Waals surface area contributed by atoms with E-state index >= 15 is 0 Å². The van der Waals surface area contributed by atoms with Crippen LogP contribution in [0.1, 0.15) is 56.1 Å². The van der Waals surface area contributed by atoms with E-state index in [9.17, 15) is 18.0 Å². The molecule has 0 aliphatic carbocycles. The maximum atomic E-state index is 13.3. The van der Waals surface area contributed by atoms with Crippen LogP contribution >= 0.6 is 0 Å². The van der Waals surface area contributed by atoms with Crippen LogP contribution in [0.15, 0.2) is 53.3 Å². The molecule has 1 aliphatic rings. The highest BCUT2D eigenvalue weighted by Crippen LogP contribution is 2.38. The zero-order valence-electron chi connectivity index (χ0n) is 20.4. The van der Waals surface area contributed by atoms with Crippen LogP contribution in [0, 0.1) is 0 Å². The molecule has 3 heterocycles. The number of hydrogen-bond acceptors (Lipinski definition) is 6. The number of tetrazole rings is 1. The van der Waals surface area contributed by atoms with E-state index in [2.05, 4.69) is 30.1 Å². The molecule has 5 rings (SSSR count). The molecule has 4 aromatic rings. The lowest BCUT2D eigenvalue weighted by molar-refractivity contribution is -0.275. The van der Waals surface area contributed by atoms with E-state index in [1.807, 2.05) is 31.2 Å². The zero-order valence-corrected chi connectivity index (χ0v) is 20.4. The Morgan fingerprint density at radius 1 is 1.11 bits per heavy atom. The van der Waals surface area contributed by atoms with E-state index in [1.165, 1.54) is 12.1 Å². The van der Waals surface area contributed by atoms with Gasteiger partial charge < -0.3 is 9.72 Å². The highest BCUT2D eigenvalue weighted by molar-refractivity contribution is 5.75. The van der Waals surface area contributed by atoms with Gasteiger partial charge in [0.05, 0.1) is 11.0 Å². The number of aryl methyl sites for hydroxylation is 1. The Morgan fingerprint density at radius 3 is 2.59 bits per heavy atom. The summed E-state index contributed by atoms with van der Waals surface area (Å²) in [4.78, 5) is 17.7. The second-order valence-electron chi connectivity index (χ2n) is 9.19. The Bertz CT molecular complexity index is 1400. The van der Waals surface area contributed by atoms with Gasteiger partial charge in [0.2, 0.25) is 0 Å². The number of ether oxygens (including phenoxy) is 1. The molecule has 1 saturated heterocycles. The third-order valence-electron chi connectivity index (χ3n) is 6.82. The van der Waals surface area contributed by atoms with Crippen molar-refractivity contribution in [3.63, 3.8) is 0 Å². The number of para-hydroxylation sites is 3. The molecule has 1 fully saturated rings. The van der Waals surface area contributed by atoms with E-state index in [1.54, 1.807) is 21.4 Å². The van der Waals surface area contributed by atoms with Crippen LogP contribution < -0.4 is 10.4 Å². The minimum absolute atomic E-state index is 0.0432. The van der Waals surface area contributed by atoms with Crippen molar-refractivity contribution < 1.29 is 17.9 Å². The minimum atomic E-state index is -4.84. The highest BCUT2D eigenvalue weighted by atomic mass is 19.4. The van der Waals surface area contributed by atoms with Gasteiger partial charge >= 0.3 is 12.1 Å². The SMILES string of the molecule is CCCCn1nnnc1C(c1ccccc1OC(F)(F)F)N1CCC(n2c(=O)[nH]c3ccccc32)CC1. The monoisotopic (exact) mass is 515 g/mol. The molecule has 2 aromatic carbocycles. The molecule has 0 bridgehead atoms. The largest absolute Gasteiger partial charge is 0.573 e. The molecule has 1 unspecified atom stereocenters. The summed E-state index contributed by atoms with van der Waals surface area (Å²) in [6.07, 6.45) is -1.81. The molecule has 0 spiro atoms. The lowest BCUT2D eigenvalue weighted by atomic mass is 9.97. The summed E-state index contributed by atoms with van der Waals surface area (Å²) in [7, 11) is 0. The fourth-order valence-electron chi connectivity index (χ4n) is 5.14. The third kappa shape index (κ3) is 5.24. The second-order valence-corrected chi connectivity index (χ2v) is 9.19. The Kier molecular flexibility index (Phi) is 7.00.